The smallest absolute Gasteiger partial charge is 0.306 e. The number of carbonyl (C=O) groups is 2. The van der Waals surface area contributed by atoms with Gasteiger partial charge in [-0.2, -0.15) is 0 Å². The van der Waals surface area contributed by atoms with E-state index in [9.17, 15) is 19.8 Å². The second-order valence-corrected chi connectivity index (χ2v) is 13.4. The number of aliphatic hydroxyl groups excluding tert-OH is 2. The molecule has 2 N–H and O–H groups in total. The Balaban J connectivity index is 1.76. The van der Waals surface area contributed by atoms with E-state index in [4.69, 9.17) is 9.47 Å². The number of hydrogen-bond acceptors (Lipinski definition) is 6. The van der Waals surface area contributed by atoms with Gasteiger partial charge in [0.15, 0.2) is 0 Å². The third kappa shape index (κ3) is 5.74. The Morgan fingerprint density at radius 2 is 1.77 bits per heavy atom. The fourth-order valence-electron chi connectivity index (χ4n) is 8.67. The lowest BCUT2D eigenvalue weighted by Crippen LogP contribution is -2.57. The molecule has 6 nitrogen and oxygen atoms in total. The summed E-state index contributed by atoms with van der Waals surface area (Å²) in [6.45, 7) is 12.8. The third-order valence-corrected chi connectivity index (χ3v) is 10.4. The molecular formula is C29H50O6. The summed E-state index contributed by atoms with van der Waals surface area (Å²) in [7, 11) is 1.42. The van der Waals surface area contributed by atoms with Crippen molar-refractivity contribution in [2.24, 2.45) is 46.3 Å². The van der Waals surface area contributed by atoms with E-state index in [2.05, 4.69) is 20.8 Å². The van der Waals surface area contributed by atoms with E-state index in [0.29, 0.717) is 49.4 Å². The number of esters is 2. The van der Waals surface area contributed by atoms with Crippen molar-refractivity contribution in [2.75, 3.05) is 13.7 Å². The fourth-order valence-corrected chi connectivity index (χ4v) is 8.67. The minimum atomic E-state index is -0.451. The van der Waals surface area contributed by atoms with Crippen LogP contribution in [0.25, 0.3) is 0 Å². The zero-order valence-corrected chi connectivity index (χ0v) is 23.1. The Bertz CT molecular complexity index is 759. The van der Waals surface area contributed by atoms with Gasteiger partial charge in [-0.25, -0.2) is 0 Å². The lowest BCUT2D eigenvalue weighted by molar-refractivity contribution is -0.168. The molecule has 3 fully saturated rings. The highest BCUT2D eigenvalue weighted by molar-refractivity contribution is 5.70. The van der Waals surface area contributed by atoms with E-state index in [-0.39, 0.29) is 41.2 Å². The van der Waals surface area contributed by atoms with Gasteiger partial charge in [0.25, 0.3) is 0 Å². The predicted octanol–water partition coefficient (Wildman–Crippen LogP) is 5.14. The van der Waals surface area contributed by atoms with Crippen LogP contribution in [0.4, 0.5) is 0 Å². The molecule has 3 saturated carbocycles. The zero-order chi connectivity index (χ0) is 26.2. The topological polar surface area (TPSA) is 93.1 Å². The van der Waals surface area contributed by atoms with Crippen molar-refractivity contribution < 1.29 is 29.3 Å². The van der Waals surface area contributed by atoms with Crippen molar-refractivity contribution in [3.63, 3.8) is 0 Å². The molecule has 0 spiro atoms. The molecule has 0 saturated heterocycles. The molecule has 0 aromatic rings. The van der Waals surface area contributed by atoms with Gasteiger partial charge in [0, 0.05) is 19.4 Å². The molecule has 0 aromatic carbocycles. The summed E-state index contributed by atoms with van der Waals surface area (Å²) >= 11 is 0. The van der Waals surface area contributed by atoms with Crippen LogP contribution in [-0.4, -0.2) is 47.6 Å². The summed E-state index contributed by atoms with van der Waals surface area (Å²) in [6.07, 6.45) is 6.76. The van der Waals surface area contributed by atoms with Crippen LogP contribution in [0.5, 0.6) is 0 Å². The molecule has 0 aromatic heterocycles. The van der Waals surface area contributed by atoms with Crippen molar-refractivity contribution >= 4 is 11.9 Å². The molecule has 202 valence electrons. The first-order valence-electron chi connectivity index (χ1n) is 13.8. The number of fused-ring (bicyclic) bond motifs is 3. The van der Waals surface area contributed by atoms with E-state index < -0.39 is 11.7 Å². The maximum absolute atomic E-state index is 12.3. The molecule has 3 aliphatic rings. The summed E-state index contributed by atoms with van der Waals surface area (Å²) in [5, 5.41) is 21.4. The highest BCUT2D eigenvalue weighted by atomic mass is 16.6. The number of carbonyl (C=O) groups excluding carboxylic acids is 2. The first-order valence-corrected chi connectivity index (χ1v) is 13.8. The maximum atomic E-state index is 12.3. The summed E-state index contributed by atoms with van der Waals surface area (Å²) < 4.78 is 10.5. The Morgan fingerprint density at radius 1 is 1.09 bits per heavy atom. The number of aliphatic hydroxyl groups is 2. The van der Waals surface area contributed by atoms with E-state index in [1.54, 1.807) is 0 Å². The van der Waals surface area contributed by atoms with Crippen LogP contribution in [-0.2, 0) is 19.1 Å². The molecule has 0 aliphatic heterocycles. The van der Waals surface area contributed by atoms with Gasteiger partial charge in [0.1, 0.15) is 5.60 Å². The molecule has 35 heavy (non-hydrogen) atoms. The summed E-state index contributed by atoms with van der Waals surface area (Å²) in [6, 6.07) is 0. The lowest BCUT2D eigenvalue weighted by atomic mass is 9.45. The molecule has 3 rings (SSSR count). The monoisotopic (exact) mass is 494 g/mol. The summed E-state index contributed by atoms with van der Waals surface area (Å²) in [5.74, 6) is 1.54. The normalized spacial score (nSPS) is 39.9. The van der Waals surface area contributed by atoms with Gasteiger partial charge in [-0.05, 0) is 112 Å². The molecule has 3 aliphatic carbocycles. The first-order chi connectivity index (χ1) is 16.3. The zero-order valence-electron chi connectivity index (χ0n) is 23.1. The van der Waals surface area contributed by atoms with Crippen molar-refractivity contribution in [1.82, 2.24) is 0 Å². The Kier molecular flexibility index (Phi) is 8.68. The Morgan fingerprint density at radius 3 is 2.37 bits per heavy atom. The molecule has 0 unspecified atom stereocenters. The summed E-state index contributed by atoms with van der Waals surface area (Å²) in [4.78, 5) is 24.5. The lowest BCUT2D eigenvalue weighted by Gasteiger charge is -2.60. The molecular weight excluding hydrogens is 444 g/mol. The second kappa shape index (κ2) is 10.7. The van der Waals surface area contributed by atoms with Gasteiger partial charge in [-0.3, -0.25) is 9.59 Å². The minimum absolute atomic E-state index is 0.0210. The number of ether oxygens (including phenoxy) is 2. The number of rotatable bonds is 8. The van der Waals surface area contributed by atoms with Gasteiger partial charge < -0.3 is 19.7 Å². The van der Waals surface area contributed by atoms with Crippen molar-refractivity contribution in [3.8, 4) is 0 Å². The second-order valence-electron chi connectivity index (χ2n) is 13.4. The average molecular weight is 495 g/mol. The van der Waals surface area contributed by atoms with Gasteiger partial charge in [0.05, 0.1) is 13.2 Å². The molecule has 0 amide bonds. The molecule has 0 radical (unpaired) electrons. The Labute approximate surface area is 212 Å². The average Bonchev–Trinajstić information content (AvgIpc) is 3.11. The van der Waals surface area contributed by atoms with E-state index in [1.807, 2.05) is 20.8 Å². The largest absolute Gasteiger partial charge is 0.469 e. The van der Waals surface area contributed by atoms with Crippen LogP contribution in [0.3, 0.4) is 0 Å². The minimum Gasteiger partial charge on any atom is -0.469 e. The van der Waals surface area contributed by atoms with Crippen LogP contribution in [0.15, 0.2) is 0 Å². The van der Waals surface area contributed by atoms with Gasteiger partial charge >= 0.3 is 11.9 Å². The molecule has 9 atom stereocenters. The van der Waals surface area contributed by atoms with Gasteiger partial charge in [-0.15, -0.1) is 0 Å². The summed E-state index contributed by atoms with van der Waals surface area (Å²) in [5.41, 5.74) is -0.493. The predicted molar refractivity (Wildman–Crippen MR) is 135 cm³/mol. The number of methoxy groups -OCH3 is 1. The highest BCUT2D eigenvalue weighted by Crippen LogP contribution is 2.67. The van der Waals surface area contributed by atoms with Crippen molar-refractivity contribution in [1.29, 1.82) is 0 Å². The van der Waals surface area contributed by atoms with E-state index in [1.165, 1.54) is 7.11 Å². The molecule has 0 heterocycles. The standard InChI is InChI=1S/C29H50O6/c1-18(8-11-24(32)35-27(2,3)4)20-9-10-21-26-22(12-13-29(20,21)6)28(5,14-15-30)19(16-23(26)31)17-25(33)34-7/h18-23,26,30-31H,8-17H2,1-7H3/t18-,19-,20-,21+,22+,23+,26+,28+,29-/m1/s1. The van der Waals surface area contributed by atoms with Crippen LogP contribution in [0, 0.1) is 46.3 Å². The van der Waals surface area contributed by atoms with Gasteiger partial charge in [-0.1, -0.05) is 20.8 Å². The third-order valence-electron chi connectivity index (χ3n) is 10.4. The fraction of sp³-hybridized carbons (Fsp3) is 0.931. The maximum Gasteiger partial charge on any atom is 0.306 e. The van der Waals surface area contributed by atoms with E-state index in [0.717, 1.165) is 32.1 Å². The van der Waals surface area contributed by atoms with Crippen LogP contribution in [0.2, 0.25) is 0 Å². The van der Waals surface area contributed by atoms with Crippen LogP contribution < -0.4 is 0 Å². The van der Waals surface area contributed by atoms with E-state index >= 15 is 0 Å². The quantitative estimate of drug-likeness (QED) is 0.454. The first kappa shape index (κ1) is 28.4. The molecule has 6 heteroatoms. The van der Waals surface area contributed by atoms with Crippen molar-refractivity contribution in [3.05, 3.63) is 0 Å². The van der Waals surface area contributed by atoms with Crippen LogP contribution in [0.1, 0.15) is 99.3 Å². The van der Waals surface area contributed by atoms with Crippen LogP contribution >= 0.6 is 0 Å². The van der Waals surface area contributed by atoms with Crippen molar-refractivity contribution in [2.45, 2.75) is 111 Å². The molecule has 0 bridgehead atoms. The SMILES string of the molecule is COC(=O)C[C@H]1C[C@H](O)[C@@H]2[C@H](CC[C@]3(C)[C@@H]([C@H](C)CCC(=O)OC(C)(C)C)CC[C@@H]23)[C@@]1(C)CCO. The number of hydrogen-bond donors (Lipinski definition) is 2. The van der Waals surface area contributed by atoms with Gasteiger partial charge in [0.2, 0.25) is 0 Å². The highest BCUT2D eigenvalue weighted by Gasteiger charge is 2.62. The Hall–Kier alpha value is -1.14.